The molecule has 0 saturated carbocycles. The second kappa shape index (κ2) is 5.06. The van der Waals surface area contributed by atoms with E-state index in [1.165, 1.54) is 0 Å². The molecule has 18 heavy (non-hydrogen) atoms. The van der Waals surface area contributed by atoms with E-state index in [0.29, 0.717) is 6.04 Å². The molecule has 0 bridgehead atoms. The van der Waals surface area contributed by atoms with E-state index in [-0.39, 0.29) is 0 Å². The van der Waals surface area contributed by atoms with E-state index in [9.17, 15) is 9.90 Å². The van der Waals surface area contributed by atoms with Crippen LogP contribution in [-0.2, 0) is 10.3 Å². The van der Waals surface area contributed by atoms with Gasteiger partial charge in [0.15, 0.2) is 0 Å². The summed E-state index contributed by atoms with van der Waals surface area (Å²) in [5.74, 6) is -0.796. The molecule has 2 unspecified atom stereocenters. The number of carboxylic acids is 1. The molecule has 2 atom stereocenters. The Morgan fingerprint density at radius 2 is 2.44 bits per heavy atom. The van der Waals surface area contributed by atoms with E-state index in [1.54, 1.807) is 25.4 Å². The van der Waals surface area contributed by atoms with Gasteiger partial charge in [-0.05, 0) is 38.8 Å². The summed E-state index contributed by atoms with van der Waals surface area (Å²) in [6.45, 7) is 4.75. The van der Waals surface area contributed by atoms with Crippen molar-refractivity contribution < 1.29 is 9.90 Å². The number of likely N-dealkylation sites (tertiary alicyclic amines) is 1. The van der Waals surface area contributed by atoms with Crippen LogP contribution in [0.5, 0.6) is 0 Å². The lowest BCUT2D eigenvalue weighted by Gasteiger charge is -2.39. The largest absolute Gasteiger partial charge is 0.480 e. The number of carbonyl (C=O) groups is 1. The molecule has 1 aliphatic heterocycles. The maximum Gasteiger partial charge on any atom is 0.328 e. The number of hydrogen-bond donors (Lipinski definition) is 1. The lowest BCUT2D eigenvalue weighted by Crippen LogP contribution is -2.51. The Hall–Kier alpha value is -1.42. The molecule has 0 aliphatic carbocycles. The van der Waals surface area contributed by atoms with E-state index >= 15 is 0 Å². The number of pyridine rings is 1. The summed E-state index contributed by atoms with van der Waals surface area (Å²) < 4.78 is 0. The van der Waals surface area contributed by atoms with Crippen molar-refractivity contribution in [2.45, 2.75) is 44.7 Å². The quantitative estimate of drug-likeness (QED) is 0.888. The van der Waals surface area contributed by atoms with Gasteiger partial charge in [-0.2, -0.15) is 0 Å². The fourth-order valence-corrected chi connectivity index (χ4v) is 2.91. The molecule has 1 saturated heterocycles. The van der Waals surface area contributed by atoms with Crippen LogP contribution in [0, 0.1) is 0 Å². The molecule has 2 heterocycles. The number of hydrogen-bond acceptors (Lipinski definition) is 3. The van der Waals surface area contributed by atoms with Gasteiger partial charge in [-0.1, -0.05) is 13.0 Å². The first-order chi connectivity index (χ1) is 8.60. The molecule has 4 heteroatoms. The Labute approximate surface area is 108 Å². The van der Waals surface area contributed by atoms with Gasteiger partial charge in [0.05, 0.1) is 0 Å². The van der Waals surface area contributed by atoms with Gasteiger partial charge < -0.3 is 5.11 Å². The fraction of sp³-hybridized carbons (Fsp3) is 0.571. The molecule has 2 rings (SSSR count). The van der Waals surface area contributed by atoms with Crippen molar-refractivity contribution in [2.75, 3.05) is 6.54 Å². The molecule has 0 spiro atoms. The van der Waals surface area contributed by atoms with Gasteiger partial charge in [0.2, 0.25) is 0 Å². The van der Waals surface area contributed by atoms with Crippen LogP contribution in [0.25, 0.3) is 0 Å². The highest BCUT2D eigenvalue weighted by atomic mass is 16.4. The molecule has 1 aliphatic rings. The second-order valence-electron chi connectivity index (χ2n) is 5.02. The van der Waals surface area contributed by atoms with Gasteiger partial charge in [0, 0.05) is 24.0 Å². The Morgan fingerprint density at radius 3 is 3.00 bits per heavy atom. The third-order valence-electron chi connectivity index (χ3n) is 4.06. The number of carboxylic acid groups (broad SMARTS) is 1. The van der Waals surface area contributed by atoms with Crippen LogP contribution in [-0.4, -0.2) is 33.5 Å². The maximum absolute atomic E-state index is 11.8. The first-order valence-electron chi connectivity index (χ1n) is 6.51. The van der Waals surface area contributed by atoms with Crippen LogP contribution >= 0.6 is 0 Å². The van der Waals surface area contributed by atoms with Gasteiger partial charge in [-0.3, -0.25) is 9.88 Å². The summed E-state index contributed by atoms with van der Waals surface area (Å²) in [6, 6.07) is 4.01. The lowest BCUT2D eigenvalue weighted by molar-refractivity contribution is -0.152. The van der Waals surface area contributed by atoms with E-state index < -0.39 is 11.5 Å². The molecule has 1 aromatic heterocycles. The summed E-state index contributed by atoms with van der Waals surface area (Å²) in [7, 11) is 0. The van der Waals surface area contributed by atoms with E-state index in [1.807, 2.05) is 6.07 Å². The average molecular weight is 248 g/mol. The molecule has 0 radical (unpaired) electrons. The Kier molecular flexibility index (Phi) is 3.66. The first-order valence-corrected chi connectivity index (χ1v) is 6.51. The number of aromatic nitrogens is 1. The summed E-state index contributed by atoms with van der Waals surface area (Å²) in [5.41, 5.74) is -0.205. The third-order valence-corrected chi connectivity index (χ3v) is 4.06. The van der Waals surface area contributed by atoms with Crippen molar-refractivity contribution in [3.63, 3.8) is 0 Å². The van der Waals surface area contributed by atoms with Gasteiger partial charge in [0.1, 0.15) is 5.54 Å². The molecule has 98 valence electrons. The molecule has 4 nitrogen and oxygen atoms in total. The van der Waals surface area contributed by atoms with Crippen LogP contribution in [0.2, 0.25) is 0 Å². The first kappa shape index (κ1) is 13.0. The second-order valence-corrected chi connectivity index (χ2v) is 5.02. The molecule has 1 aromatic rings. The van der Waals surface area contributed by atoms with Crippen molar-refractivity contribution in [1.29, 1.82) is 0 Å². The van der Waals surface area contributed by atoms with Crippen LogP contribution in [0.4, 0.5) is 0 Å². The summed E-state index contributed by atoms with van der Waals surface area (Å²) in [6.07, 6.45) is 6.48. The predicted octanol–water partition coefficient (Wildman–Crippen LogP) is 2.26. The Morgan fingerprint density at radius 1 is 1.67 bits per heavy atom. The lowest BCUT2D eigenvalue weighted by atomic mass is 9.90. The van der Waals surface area contributed by atoms with Crippen LogP contribution in [0.15, 0.2) is 24.5 Å². The molecule has 1 fully saturated rings. The molecule has 0 amide bonds. The number of aliphatic carboxylic acids is 1. The normalized spacial score (nSPS) is 23.8. The van der Waals surface area contributed by atoms with Crippen LogP contribution in [0.1, 0.15) is 38.7 Å². The fourth-order valence-electron chi connectivity index (χ4n) is 2.91. The van der Waals surface area contributed by atoms with Crippen molar-refractivity contribution in [1.82, 2.24) is 9.88 Å². The summed E-state index contributed by atoms with van der Waals surface area (Å²) >= 11 is 0. The predicted molar refractivity (Wildman–Crippen MR) is 69.2 cm³/mol. The minimum atomic E-state index is -0.967. The molecule has 0 aromatic carbocycles. The minimum Gasteiger partial charge on any atom is -0.480 e. The van der Waals surface area contributed by atoms with Gasteiger partial charge in [-0.15, -0.1) is 0 Å². The van der Waals surface area contributed by atoms with E-state index in [2.05, 4.69) is 16.8 Å². The zero-order chi connectivity index (χ0) is 13.2. The SMILES string of the molecule is CCC1CCCN1C(C)(C(=O)O)c1cccnc1. The van der Waals surface area contributed by atoms with Gasteiger partial charge in [0.25, 0.3) is 0 Å². The molecular formula is C14H20N2O2. The molecule has 1 N–H and O–H groups in total. The highest BCUT2D eigenvalue weighted by Crippen LogP contribution is 2.35. The Balaban J connectivity index is 2.41. The van der Waals surface area contributed by atoms with E-state index in [4.69, 9.17) is 0 Å². The van der Waals surface area contributed by atoms with E-state index in [0.717, 1.165) is 31.4 Å². The van der Waals surface area contributed by atoms with Crippen molar-refractivity contribution >= 4 is 5.97 Å². The van der Waals surface area contributed by atoms with Crippen LogP contribution < -0.4 is 0 Å². The topological polar surface area (TPSA) is 53.4 Å². The smallest absolute Gasteiger partial charge is 0.328 e. The van der Waals surface area contributed by atoms with Gasteiger partial charge in [-0.25, -0.2) is 4.79 Å². The zero-order valence-corrected chi connectivity index (χ0v) is 11.0. The molecular weight excluding hydrogens is 228 g/mol. The Bertz CT molecular complexity index is 421. The highest BCUT2D eigenvalue weighted by molar-refractivity contribution is 5.80. The third kappa shape index (κ3) is 2.01. The monoisotopic (exact) mass is 248 g/mol. The van der Waals surface area contributed by atoms with Gasteiger partial charge >= 0.3 is 5.97 Å². The minimum absolute atomic E-state index is 0.353. The highest BCUT2D eigenvalue weighted by Gasteiger charge is 2.45. The maximum atomic E-state index is 11.8. The zero-order valence-electron chi connectivity index (χ0n) is 11.0. The van der Waals surface area contributed by atoms with Crippen molar-refractivity contribution in [2.24, 2.45) is 0 Å². The average Bonchev–Trinajstić information content (AvgIpc) is 2.87. The summed E-state index contributed by atoms with van der Waals surface area (Å²) in [5, 5.41) is 9.69. The van der Waals surface area contributed by atoms with Crippen LogP contribution in [0.3, 0.4) is 0 Å². The number of nitrogens with zero attached hydrogens (tertiary/aromatic N) is 2. The standard InChI is InChI=1S/C14H20N2O2/c1-3-12-7-5-9-16(12)14(2,13(17)18)11-6-4-8-15-10-11/h4,6,8,10,12H,3,5,7,9H2,1-2H3,(H,17,18). The number of rotatable bonds is 4. The summed E-state index contributed by atoms with van der Waals surface area (Å²) in [4.78, 5) is 18.0. The van der Waals surface area contributed by atoms with Crippen molar-refractivity contribution in [3.8, 4) is 0 Å². The van der Waals surface area contributed by atoms with Crippen molar-refractivity contribution in [3.05, 3.63) is 30.1 Å².